The first-order valence-corrected chi connectivity index (χ1v) is 10.9. The summed E-state index contributed by atoms with van der Waals surface area (Å²) in [5, 5.41) is 14.3. The van der Waals surface area contributed by atoms with Crippen LogP contribution in [-0.2, 0) is 5.75 Å². The SMILES string of the molecule is COc1ccc(C=NNC(=O)c2ccc(Cl)cc2O)cc1CSc1nc(C)cc(C(F)F)n1. The van der Waals surface area contributed by atoms with Crippen molar-refractivity contribution in [3.8, 4) is 11.5 Å². The highest BCUT2D eigenvalue weighted by molar-refractivity contribution is 7.98. The van der Waals surface area contributed by atoms with Gasteiger partial charge in [0.2, 0.25) is 0 Å². The molecule has 0 radical (unpaired) electrons. The number of carbonyl (C=O) groups is 1. The van der Waals surface area contributed by atoms with Crippen molar-refractivity contribution in [2.45, 2.75) is 24.3 Å². The lowest BCUT2D eigenvalue weighted by Crippen LogP contribution is -2.17. The largest absolute Gasteiger partial charge is 0.507 e. The van der Waals surface area contributed by atoms with E-state index in [-0.39, 0.29) is 22.2 Å². The van der Waals surface area contributed by atoms with Crippen LogP contribution in [0.1, 0.15) is 39.3 Å². The second-order valence-corrected chi connectivity index (χ2v) is 8.12. The predicted molar refractivity (Wildman–Crippen MR) is 122 cm³/mol. The highest BCUT2D eigenvalue weighted by atomic mass is 35.5. The van der Waals surface area contributed by atoms with E-state index in [4.69, 9.17) is 16.3 Å². The summed E-state index contributed by atoms with van der Waals surface area (Å²) in [6.07, 6.45) is -1.25. The molecule has 0 atom stereocenters. The summed E-state index contributed by atoms with van der Waals surface area (Å²) in [6, 6.07) is 10.6. The van der Waals surface area contributed by atoms with E-state index >= 15 is 0 Å². The van der Waals surface area contributed by atoms with E-state index in [0.29, 0.717) is 27.8 Å². The molecule has 33 heavy (non-hydrogen) atoms. The second kappa shape index (κ2) is 11.1. The molecular formula is C22H19ClF2N4O3S. The number of phenols is 1. The van der Waals surface area contributed by atoms with E-state index in [0.717, 1.165) is 5.56 Å². The Morgan fingerprint density at radius 3 is 2.76 bits per heavy atom. The van der Waals surface area contributed by atoms with Gasteiger partial charge < -0.3 is 9.84 Å². The quantitative estimate of drug-likeness (QED) is 0.195. The van der Waals surface area contributed by atoms with Crippen molar-refractivity contribution in [1.82, 2.24) is 15.4 Å². The first-order valence-electron chi connectivity index (χ1n) is 9.52. The van der Waals surface area contributed by atoms with Crippen LogP contribution in [0, 0.1) is 6.92 Å². The number of hydrogen-bond donors (Lipinski definition) is 2. The molecule has 0 saturated heterocycles. The number of phenolic OH excluding ortho intramolecular Hbond substituents is 1. The Morgan fingerprint density at radius 2 is 2.06 bits per heavy atom. The third-order valence-electron chi connectivity index (χ3n) is 4.32. The molecule has 0 bridgehead atoms. The number of methoxy groups -OCH3 is 1. The first-order chi connectivity index (χ1) is 15.8. The fourth-order valence-electron chi connectivity index (χ4n) is 2.80. The molecule has 11 heteroatoms. The number of hydrogen-bond acceptors (Lipinski definition) is 7. The maximum Gasteiger partial charge on any atom is 0.280 e. The topological polar surface area (TPSA) is 96.7 Å². The van der Waals surface area contributed by atoms with Gasteiger partial charge >= 0.3 is 0 Å². The van der Waals surface area contributed by atoms with Gasteiger partial charge in [0.15, 0.2) is 5.16 Å². The summed E-state index contributed by atoms with van der Waals surface area (Å²) in [7, 11) is 1.52. The molecule has 1 heterocycles. The zero-order valence-electron chi connectivity index (χ0n) is 17.6. The molecule has 0 unspecified atom stereocenters. The summed E-state index contributed by atoms with van der Waals surface area (Å²) in [5.41, 5.74) is 3.92. The minimum absolute atomic E-state index is 0.0321. The Kier molecular flexibility index (Phi) is 8.18. The van der Waals surface area contributed by atoms with E-state index in [1.807, 2.05) is 0 Å². The van der Waals surface area contributed by atoms with Crippen molar-refractivity contribution in [1.29, 1.82) is 0 Å². The lowest BCUT2D eigenvalue weighted by Gasteiger charge is -2.10. The molecule has 0 aliphatic carbocycles. The number of alkyl halides is 2. The van der Waals surface area contributed by atoms with Crippen molar-refractivity contribution >= 4 is 35.5 Å². The molecule has 0 aliphatic rings. The standard InChI is InChI=1S/C22H19ClF2N4O3S/c1-12-7-17(20(24)25)28-22(27-12)33-11-14-8-13(3-6-19(14)32-2)10-26-29-21(31)16-5-4-15(23)9-18(16)30/h3-10,20,30H,11H2,1-2H3,(H,29,31). The van der Waals surface area contributed by atoms with E-state index in [2.05, 4.69) is 20.5 Å². The Hall–Kier alpha value is -3.24. The maximum absolute atomic E-state index is 13.0. The van der Waals surface area contributed by atoms with Crippen LogP contribution in [0.25, 0.3) is 0 Å². The molecule has 1 amide bonds. The van der Waals surface area contributed by atoms with Gasteiger partial charge in [0, 0.05) is 22.0 Å². The van der Waals surface area contributed by atoms with E-state index in [1.54, 1.807) is 25.1 Å². The summed E-state index contributed by atoms with van der Waals surface area (Å²) < 4.78 is 31.4. The number of ether oxygens (including phenoxy) is 1. The number of rotatable bonds is 8. The average Bonchev–Trinajstić information content (AvgIpc) is 2.77. The van der Waals surface area contributed by atoms with Crippen molar-refractivity contribution in [3.05, 3.63) is 75.6 Å². The highest BCUT2D eigenvalue weighted by Gasteiger charge is 2.13. The summed E-state index contributed by atoms with van der Waals surface area (Å²) in [4.78, 5) is 20.3. The zero-order valence-corrected chi connectivity index (χ0v) is 19.1. The molecule has 0 fully saturated rings. The Morgan fingerprint density at radius 1 is 1.27 bits per heavy atom. The number of halogens is 3. The smallest absolute Gasteiger partial charge is 0.280 e. The number of benzene rings is 2. The lowest BCUT2D eigenvalue weighted by atomic mass is 10.1. The fourth-order valence-corrected chi connectivity index (χ4v) is 3.85. The Labute approximate surface area is 197 Å². The van der Waals surface area contributed by atoms with E-state index in [1.165, 1.54) is 49.4 Å². The molecule has 7 nitrogen and oxygen atoms in total. The molecule has 3 aromatic rings. The second-order valence-electron chi connectivity index (χ2n) is 6.74. The van der Waals surface area contributed by atoms with Crippen molar-refractivity contribution in [3.63, 3.8) is 0 Å². The van der Waals surface area contributed by atoms with Gasteiger partial charge in [0.25, 0.3) is 12.3 Å². The Bertz CT molecular complexity index is 1190. The van der Waals surface area contributed by atoms with Gasteiger partial charge in [0.1, 0.15) is 17.2 Å². The van der Waals surface area contributed by atoms with Crippen LogP contribution < -0.4 is 10.2 Å². The minimum atomic E-state index is -2.68. The molecule has 3 rings (SSSR count). The maximum atomic E-state index is 13.0. The van der Waals surface area contributed by atoms with Gasteiger partial charge in [-0.05, 0) is 55.0 Å². The number of amides is 1. The summed E-state index contributed by atoms with van der Waals surface area (Å²) in [5.74, 6) is 0.0992. The molecule has 2 aromatic carbocycles. The normalized spacial score (nSPS) is 11.2. The summed E-state index contributed by atoms with van der Waals surface area (Å²) in [6.45, 7) is 1.63. The van der Waals surface area contributed by atoms with Gasteiger partial charge in [-0.25, -0.2) is 24.2 Å². The van der Waals surface area contributed by atoms with Crippen molar-refractivity contribution in [2.24, 2.45) is 5.10 Å². The van der Waals surface area contributed by atoms with Gasteiger partial charge in [-0.15, -0.1) is 0 Å². The molecule has 0 aliphatic heterocycles. The van der Waals surface area contributed by atoms with Gasteiger partial charge in [0.05, 0.1) is 18.9 Å². The first kappa shape index (κ1) is 24.4. The van der Waals surface area contributed by atoms with Gasteiger partial charge in [-0.1, -0.05) is 23.4 Å². The number of carbonyl (C=O) groups excluding carboxylic acids is 1. The predicted octanol–water partition coefficient (Wildman–Crippen LogP) is 5.15. The molecule has 1 aromatic heterocycles. The van der Waals surface area contributed by atoms with Crippen molar-refractivity contribution in [2.75, 3.05) is 7.11 Å². The third-order valence-corrected chi connectivity index (χ3v) is 5.45. The van der Waals surface area contributed by atoms with Crippen LogP contribution in [0.3, 0.4) is 0 Å². The number of aromatic hydroxyl groups is 1. The molecule has 172 valence electrons. The molecular weight excluding hydrogens is 474 g/mol. The third kappa shape index (κ3) is 6.62. The Balaban J connectivity index is 1.71. The lowest BCUT2D eigenvalue weighted by molar-refractivity contribution is 0.0952. The van der Waals surface area contributed by atoms with Crippen molar-refractivity contribution < 1.29 is 23.4 Å². The number of thioether (sulfide) groups is 1. The van der Waals surface area contributed by atoms with Gasteiger partial charge in [-0.3, -0.25) is 4.79 Å². The molecule has 2 N–H and O–H groups in total. The number of aryl methyl sites for hydroxylation is 1. The van der Waals surface area contributed by atoms with Crippen LogP contribution in [0.4, 0.5) is 8.78 Å². The zero-order chi connectivity index (χ0) is 24.0. The number of aromatic nitrogens is 2. The molecule has 0 spiro atoms. The minimum Gasteiger partial charge on any atom is -0.507 e. The molecule has 0 saturated carbocycles. The van der Waals surface area contributed by atoms with Crippen LogP contribution >= 0.6 is 23.4 Å². The van der Waals surface area contributed by atoms with Crippen LogP contribution in [-0.4, -0.2) is 34.3 Å². The van der Waals surface area contributed by atoms with Crippen LogP contribution in [0.5, 0.6) is 11.5 Å². The van der Waals surface area contributed by atoms with E-state index < -0.39 is 12.3 Å². The van der Waals surface area contributed by atoms with Crippen LogP contribution in [0.15, 0.2) is 52.7 Å². The van der Waals surface area contributed by atoms with Gasteiger partial charge in [-0.2, -0.15) is 5.10 Å². The monoisotopic (exact) mass is 492 g/mol. The summed E-state index contributed by atoms with van der Waals surface area (Å²) >= 11 is 6.96. The fraction of sp³-hybridized carbons (Fsp3) is 0.182. The number of nitrogens with one attached hydrogen (secondary N) is 1. The number of hydrazone groups is 1. The highest BCUT2D eigenvalue weighted by Crippen LogP contribution is 2.28. The van der Waals surface area contributed by atoms with Crippen LogP contribution in [0.2, 0.25) is 5.02 Å². The number of nitrogens with zero attached hydrogens (tertiary/aromatic N) is 3. The van der Waals surface area contributed by atoms with E-state index in [9.17, 15) is 18.7 Å². The average molecular weight is 493 g/mol.